The van der Waals surface area contributed by atoms with E-state index >= 15 is 0 Å². The molecule has 148 valence electrons. The fourth-order valence-corrected chi connectivity index (χ4v) is 5.76. The van der Waals surface area contributed by atoms with Gasteiger partial charge < -0.3 is 20.3 Å². The lowest BCUT2D eigenvalue weighted by molar-refractivity contribution is -0.144. The van der Waals surface area contributed by atoms with E-state index in [9.17, 15) is 9.59 Å². The van der Waals surface area contributed by atoms with E-state index in [1.54, 1.807) is 11.3 Å². The first-order valence-corrected chi connectivity index (χ1v) is 11.0. The van der Waals surface area contributed by atoms with Crippen LogP contribution in [0.5, 0.6) is 0 Å². The molecule has 7 heteroatoms. The number of hydrogen-bond acceptors (Lipinski definition) is 5. The Morgan fingerprint density at radius 1 is 1.52 bits per heavy atom. The van der Waals surface area contributed by atoms with E-state index < -0.39 is 5.60 Å². The normalized spacial score (nSPS) is 31.6. The van der Waals surface area contributed by atoms with Gasteiger partial charge in [0.05, 0.1) is 30.1 Å². The summed E-state index contributed by atoms with van der Waals surface area (Å²) in [5.74, 6) is -0.521. The Bertz CT molecular complexity index is 695. The molecule has 3 unspecified atom stereocenters. The topological polar surface area (TPSA) is 75.9 Å². The van der Waals surface area contributed by atoms with Gasteiger partial charge in [0.2, 0.25) is 11.8 Å². The van der Waals surface area contributed by atoms with Gasteiger partial charge in [-0.05, 0) is 41.7 Å². The van der Waals surface area contributed by atoms with Gasteiger partial charge in [-0.25, -0.2) is 0 Å². The zero-order chi connectivity index (χ0) is 19.0. The van der Waals surface area contributed by atoms with Crippen molar-refractivity contribution in [3.05, 3.63) is 22.4 Å². The fourth-order valence-electron chi connectivity index (χ4n) is 5.10. The van der Waals surface area contributed by atoms with Crippen LogP contribution >= 0.6 is 11.3 Å². The third-order valence-corrected chi connectivity index (χ3v) is 7.06. The van der Waals surface area contributed by atoms with Crippen LogP contribution in [0.3, 0.4) is 0 Å². The molecule has 2 amide bonds. The minimum absolute atomic E-state index is 0.0620. The fraction of sp³-hybridized carbons (Fsp3) is 0.700. The van der Waals surface area contributed by atoms with Crippen molar-refractivity contribution >= 4 is 23.2 Å². The maximum absolute atomic E-state index is 13.6. The van der Waals surface area contributed by atoms with Gasteiger partial charge in [-0.2, -0.15) is 11.3 Å². The molecule has 3 saturated heterocycles. The van der Waals surface area contributed by atoms with Crippen LogP contribution in [0.15, 0.2) is 16.8 Å². The van der Waals surface area contributed by atoms with Crippen LogP contribution in [0.4, 0.5) is 0 Å². The number of nitrogens with zero attached hydrogens (tertiary/aromatic N) is 2. The highest BCUT2D eigenvalue weighted by molar-refractivity contribution is 7.07. The van der Waals surface area contributed by atoms with E-state index in [2.05, 4.69) is 18.4 Å². The summed E-state index contributed by atoms with van der Waals surface area (Å²) in [4.78, 5) is 30.4. The number of thiophene rings is 1. The van der Waals surface area contributed by atoms with Crippen LogP contribution in [0.2, 0.25) is 0 Å². The number of rotatable bonds is 8. The minimum Gasteiger partial charge on any atom is -0.368 e. The van der Waals surface area contributed by atoms with Crippen molar-refractivity contribution < 1.29 is 14.3 Å². The van der Waals surface area contributed by atoms with Crippen molar-refractivity contribution in [2.45, 2.75) is 50.9 Å². The van der Waals surface area contributed by atoms with Gasteiger partial charge in [0.25, 0.3) is 0 Å². The van der Waals surface area contributed by atoms with Gasteiger partial charge in [0.15, 0.2) is 0 Å². The Balaban J connectivity index is 1.56. The zero-order valence-electron chi connectivity index (χ0n) is 15.9. The van der Waals surface area contributed by atoms with Crippen LogP contribution < -0.4 is 5.73 Å². The summed E-state index contributed by atoms with van der Waals surface area (Å²) >= 11 is 1.65. The van der Waals surface area contributed by atoms with E-state index in [-0.39, 0.29) is 29.8 Å². The number of nitrogens with two attached hydrogens (primary N) is 1. The molecule has 2 N–H and O–H groups in total. The van der Waals surface area contributed by atoms with E-state index in [0.29, 0.717) is 26.2 Å². The number of amides is 2. The van der Waals surface area contributed by atoms with Crippen molar-refractivity contribution in [2.24, 2.45) is 17.6 Å². The maximum Gasteiger partial charge on any atom is 0.229 e. The molecule has 1 aromatic rings. The summed E-state index contributed by atoms with van der Waals surface area (Å²) in [6.07, 6.45) is 3.64. The van der Waals surface area contributed by atoms with Crippen molar-refractivity contribution in [3.8, 4) is 0 Å². The molecule has 6 nitrogen and oxygen atoms in total. The number of likely N-dealkylation sites (tertiary alicyclic amines) is 1. The molecule has 0 aromatic carbocycles. The Morgan fingerprint density at radius 3 is 3.07 bits per heavy atom. The third kappa shape index (κ3) is 3.19. The number of fused-ring (bicyclic) bond motifs is 1. The molecular weight excluding hydrogens is 362 g/mol. The van der Waals surface area contributed by atoms with Gasteiger partial charge in [0.1, 0.15) is 0 Å². The molecule has 0 aliphatic carbocycles. The van der Waals surface area contributed by atoms with Crippen molar-refractivity contribution in [1.29, 1.82) is 0 Å². The molecule has 2 bridgehead atoms. The Labute approximate surface area is 164 Å². The molecule has 1 aromatic heterocycles. The third-order valence-electron chi connectivity index (χ3n) is 6.33. The number of ether oxygens (including phenoxy) is 1. The largest absolute Gasteiger partial charge is 0.368 e. The first kappa shape index (κ1) is 18.9. The lowest BCUT2D eigenvalue weighted by atomic mass is 9.72. The van der Waals surface area contributed by atoms with Gasteiger partial charge in [-0.3, -0.25) is 9.59 Å². The van der Waals surface area contributed by atoms with E-state index in [1.165, 1.54) is 0 Å². The molecular formula is C20H29N3O3S. The molecule has 3 aliphatic rings. The predicted molar refractivity (Wildman–Crippen MR) is 104 cm³/mol. The smallest absolute Gasteiger partial charge is 0.229 e. The summed E-state index contributed by atoms with van der Waals surface area (Å²) in [5.41, 5.74) is 6.38. The lowest BCUT2D eigenvalue weighted by Crippen LogP contribution is -2.47. The quantitative estimate of drug-likeness (QED) is 0.734. The van der Waals surface area contributed by atoms with E-state index in [4.69, 9.17) is 10.5 Å². The SMILES string of the molecule is CCCCN(Cc1ccsc1)C(=O)C1C2CC[C@@]3(CN(CCN)C(=O)C13)O2. The highest BCUT2D eigenvalue weighted by atomic mass is 32.1. The Hall–Kier alpha value is -1.44. The van der Waals surface area contributed by atoms with Crippen molar-refractivity contribution in [1.82, 2.24) is 9.80 Å². The van der Waals surface area contributed by atoms with E-state index in [1.807, 2.05) is 15.2 Å². The summed E-state index contributed by atoms with van der Waals surface area (Å²) in [7, 11) is 0. The zero-order valence-corrected chi connectivity index (χ0v) is 16.7. The van der Waals surface area contributed by atoms with Crippen LogP contribution in [0.1, 0.15) is 38.2 Å². The number of unbranched alkanes of at least 4 members (excludes halogenated alkanes) is 1. The second-order valence-electron chi connectivity index (χ2n) is 8.06. The second kappa shape index (κ2) is 7.53. The van der Waals surface area contributed by atoms with Crippen molar-refractivity contribution in [2.75, 3.05) is 26.2 Å². The number of carbonyl (C=O) groups excluding carboxylic acids is 2. The molecule has 1 spiro atoms. The summed E-state index contributed by atoms with van der Waals surface area (Å²) in [6.45, 7) is 5.06. The summed E-state index contributed by atoms with van der Waals surface area (Å²) in [6, 6.07) is 2.07. The first-order chi connectivity index (χ1) is 13.1. The van der Waals surface area contributed by atoms with E-state index in [0.717, 1.165) is 37.8 Å². The van der Waals surface area contributed by atoms with Crippen LogP contribution in [-0.2, 0) is 20.9 Å². The molecule has 0 saturated carbocycles. The monoisotopic (exact) mass is 391 g/mol. The predicted octanol–water partition coefficient (Wildman–Crippen LogP) is 1.84. The average molecular weight is 392 g/mol. The van der Waals surface area contributed by atoms with Crippen LogP contribution in [0.25, 0.3) is 0 Å². The van der Waals surface area contributed by atoms with Gasteiger partial charge in [-0.1, -0.05) is 13.3 Å². The van der Waals surface area contributed by atoms with Crippen LogP contribution in [-0.4, -0.2) is 59.5 Å². The molecule has 4 atom stereocenters. The first-order valence-electron chi connectivity index (χ1n) is 10.1. The van der Waals surface area contributed by atoms with Crippen molar-refractivity contribution in [3.63, 3.8) is 0 Å². The highest BCUT2D eigenvalue weighted by Crippen LogP contribution is 2.55. The van der Waals surface area contributed by atoms with Gasteiger partial charge >= 0.3 is 0 Å². The Morgan fingerprint density at radius 2 is 2.37 bits per heavy atom. The van der Waals surface area contributed by atoms with Crippen LogP contribution in [0, 0.1) is 11.8 Å². The number of hydrogen-bond donors (Lipinski definition) is 1. The minimum atomic E-state index is -0.462. The van der Waals surface area contributed by atoms with Gasteiger partial charge in [0, 0.05) is 26.2 Å². The molecule has 4 rings (SSSR count). The molecule has 3 aliphatic heterocycles. The highest BCUT2D eigenvalue weighted by Gasteiger charge is 2.69. The summed E-state index contributed by atoms with van der Waals surface area (Å²) in [5, 5.41) is 4.13. The lowest BCUT2D eigenvalue weighted by Gasteiger charge is -2.32. The Kier molecular flexibility index (Phi) is 5.27. The number of carbonyl (C=O) groups is 2. The maximum atomic E-state index is 13.6. The summed E-state index contributed by atoms with van der Waals surface area (Å²) < 4.78 is 6.31. The van der Waals surface area contributed by atoms with Gasteiger partial charge in [-0.15, -0.1) is 0 Å². The molecule has 0 radical (unpaired) electrons. The molecule has 27 heavy (non-hydrogen) atoms. The standard InChI is InChI=1S/C20H29N3O3S/c1-2-3-8-22(11-14-5-10-27-12-14)18(24)16-15-4-6-20(26-15)13-23(9-7-21)19(25)17(16)20/h5,10,12,15-17H,2-4,6-9,11,13,21H2,1H3/t15?,16?,17?,20-/m0/s1. The second-order valence-corrected chi connectivity index (χ2v) is 8.84. The molecule has 3 fully saturated rings. The molecule has 4 heterocycles. The average Bonchev–Trinajstić information content (AvgIpc) is 3.41.